The van der Waals surface area contributed by atoms with Crippen LogP contribution in [0.5, 0.6) is 0 Å². The van der Waals surface area contributed by atoms with E-state index < -0.39 is 9.05 Å². The minimum Gasteiger partial charge on any atom is -0.383 e. The maximum Gasteiger partial charge on any atom is 0.270 e. The smallest absolute Gasteiger partial charge is 0.270 e. The van der Waals surface area contributed by atoms with E-state index in [0.29, 0.717) is 31.9 Å². The average Bonchev–Trinajstić information content (AvgIpc) is 2.81. The molecule has 0 N–H and O–H groups in total. The van der Waals surface area contributed by atoms with E-state index in [9.17, 15) is 13.2 Å². The van der Waals surface area contributed by atoms with E-state index in [1.807, 2.05) is 13.8 Å². The highest BCUT2D eigenvalue weighted by atomic mass is 35.7. The van der Waals surface area contributed by atoms with Gasteiger partial charge in [-0.25, -0.2) is 8.42 Å². The lowest BCUT2D eigenvalue weighted by molar-refractivity contribution is 0.0759. The normalized spacial score (nSPS) is 11.6. The van der Waals surface area contributed by atoms with E-state index in [1.54, 1.807) is 9.47 Å². The van der Waals surface area contributed by atoms with Crippen LogP contribution in [0.2, 0.25) is 0 Å². The number of halogens is 1. The Morgan fingerprint density at radius 3 is 2.45 bits per heavy atom. The summed E-state index contributed by atoms with van der Waals surface area (Å²) in [4.78, 5) is 13.9. The van der Waals surface area contributed by atoms with Crippen molar-refractivity contribution < 1.29 is 17.9 Å². The van der Waals surface area contributed by atoms with Crippen LogP contribution in [0.3, 0.4) is 0 Å². The Bertz CT molecular complexity index is 564. The van der Waals surface area contributed by atoms with Gasteiger partial charge in [0, 0.05) is 43.6 Å². The quantitative estimate of drug-likeness (QED) is 0.714. The van der Waals surface area contributed by atoms with Crippen LogP contribution >= 0.6 is 10.7 Å². The van der Waals surface area contributed by atoms with Crippen molar-refractivity contribution in [1.29, 1.82) is 0 Å². The summed E-state index contributed by atoms with van der Waals surface area (Å²) in [5, 5.41) is 0. The first-order valence-corrected chi connectivity index (χ1v) is 8.59. The minimum absolute atomic E-state index is 0.0780. The van der Waals surface area contributed by atoms with Crippen LogP contribution in [0.25, 0.3) is 0 Å². The van der Waals surface area contributed by atoms with Gasteiger partial charge in [0.15, 0.2) is 0 Å². The largest absolute Gasteiger partial charge is 0.383 e. The molecule has 0 aliphatic carbocycles. The van der Waals surface area contributed by atoms with Crippen LogP contribution < -0.4 is 0 Å². The summed E-state index contributed by atoms with van der Waals surface area (Å²) < 4.78 is 29.3. The predicted molar refractivity (Wildman–Crippen MR) is 76.6 cm³/mol. The molecule has 1 heterocycles. The maximum absolute atomic E-state index is 12.4. The number of methoxy groups -OCH3 is 1. The number of rotatable bonds is 7. The molecule has 6 nitrogen and oxygen atoms in total. The van der Waals surface area contributed by atoms with Gasteiger partial charge in [0.2, 0.25) is 0 Å². The van der Waals surface area contributed by atoms with Crippen LogP contribution in [-0.2, 0) is 20.3 Å². The molecule has 0 aliphatic rings. The summed E-state index contributed by atoms with van der Waals surface area (Å²) in [6, 6.07) is 1.30. The third-order valence-corrected chi connectivity index (χ3v) is 4.28. The van der Waals surface area contributed by atoms with E-state index in [1.165, 1.54) is 19.4 Å². The van der Waals surface area contributed by atoms with Gasteiger partial charge in [0.05, 0.1) is 6.61 Å². The van der Waals surface area contributed by atoms with E-state index in [4.69, 9.17) is 15.4 Å². The zero-order valence-electron chi connectivity index (χ0n) is 11.8. The molecule has 0 aromatic carbocycles. The Balaban J connectivity index is 3.21. The van der Waals surface area contributed by atoms with Crippen molar-refractivity contribution >= 4 is 25.6 Å². The number of carbonyl (C=O) groups excluding carboxylic acids is 1. The maximum atomic E-state index is 12.4. The summed E-state index contributed by atoms with van der Waals surface area (Å²) in [6.07, 6.45) is 1.36. The number of nitrogens with zero attached hydrogens (tertiary/aromatic N) is 2. The van der Waals surface area contributed by atoms with Gasteiger partial charge < -0.3 is 14.2 Å². The highest BCUT2D eigenvalue weighted by molar-refractivity contribution is 8.13. The number of hydrogen-bond donors (Lipinski definition) is 0. The molecule has 1 amide bonds. The molecule has 0 radical (unpaired) electrons. The van der Waals surface area contributed by atoms with Crippen molar-refractivity contribution in [2.75, 3.05) is 26.8 Å². The van der Waals surface area contributed by atoms with Crippen LogP contribution in [0.4, 0.5) is 0 Å². The second kappa shape index (κ2) is 7.10. The first-order valence-electron chi connectivity index (χ1n) is 6.28. The van der Waals surface area contributed by atoms with Crippen molar-refractivity contribution in [3.63, 3.8) is 0 Å². The lowest BCUT2D eigenvalue weighted by Gasteiger charge is -2.19. The second-order valence-corrected chi connectivity index (χ2v) is 6.73. The Morgan fingerprint density at radius 1 is 1.40 bits per heavy atom. The monoisotopic (exact) mass is 322 g/mol. The van der Waals surface area contributed by atoms with E-state index in [0.717, 1.165) is 0 Å². The molecule has 8 heteroatoms. The summed E-state index contributed by atoms with van der Waals surface area (Å²) in [6.45, 7) is 5.58. The molecule has 0 aliphatic heterocycles. The number of carbonyl (C=O) groups is 1. The highest BCUT2D eigenvalue weighted by Gasteiger charge is 2.22. The van der Waals surface area contributed by atoms with Gasteiger partial charge in [0.1, 0.15) is 10.6 Å². The third-order valence-electron chi connectivity index (χ3n) is 2.96. The molecule has 0 bridgehead atoms. The fourth-order valence-electron chi connectivity index (χ4n) is 1.84. The molecule has 0 atom stereocenters. The molecule has 1 aromatic heterocycles. The van der Waals surface area contributed by atoms with Gasteiger partial charge in [0.25, 0.3) is 15.0 Å². The van der Waals surface area contributed by atoms with E-state index >= 15 is 0 Å². The van der Waals surface area contributed by atoms with Crippen molar-refractivity contribution in [3.05, 3.63) is 18.0 Å². The predicted octanol–water partition coefficient (Wildman–Crippen LogP) is 1.54. The topological polar surface area (TPSA) is 68.6 Å². The van der Waals surface area contributed by atoms with Crippen molar-refractivity contribution in [2.24, 2.45) is 0 Å². The van der Waals surface area contributed by atoms with Crippen LogP contribution in [-0.4, -0.2) is 50.6 Å². The molecule has 0 saturated carbocycles. The van der Waals surface area contributed by atoms with Gasteiger partial charge in [-0.05, 0) is 19.9 Å². The van der Waals surface area contributed by atoms with Crippen molar-refractivity contribution in [1.82, 2.24) is 9.47 Å². The van der Waals surface area contributed by atoms with Crippen molar-refractivity contribution in [2.45, 2.75) is 25.3 Å². The van der Waals surface area contributed by atoms with Crippen LogP contribution in [0.1, 0.15) is 24.3 Å². The van der Waals surface area contributed by atoms with Gasteiger partial charge in [-0.2, -0.15) is 0 Å². The number of aromatic nitrogens is 1. The first-order chi connectivity index (χ1) is 9.35. The fourth-order valence-corrected chi connectivity index (χ4v) is 2.60. The molecule has 1 rings (SSSR count). The lowest BCUT2D eigenvalue weighted by atomic mass is 10.3. The SMILES string of the molecule is CCN(CC)C(=O)c1cc(S(=O)(=O)Cl)cn1CCOC. The third kappa shape index (κ3) is 3.97. The highest BCUT2D eigenvalue weighted by Crippen LogP contribution is 2.20. The number of ether oxygens (including phenoxy) is 1. The lowest BCUT2D eigenvalue weighted by Crippen LogP contribution is -2.32. The Labute approximate surface area is 123 Å². The molecular weight excluding hydrogens is 304 g/mol. The number of amides is 1. The Morgan fingerprint density at radius 2 is 2.00 bits per heavy atom. The molecule has 0 saturated heterocycles. The summed E-state index contributed by atoms with van der Waals surface area (Å²) in [5.41, 5.74) is 0.296. The molecular formula is C12H19ClN2O4S. The Kier molecular flexibility index (Phi) is 6.04. The van der Waals surface area contributed by atoms with Gasteiger partial charge in [-0.3, -0.25) is 4.79 Å². The molecule has 1 aromatic rings. The molecule has 0 unspecified atom stereocenters. The molecule has 0 spiro atoms. The summed E-state index contributed by atoms with van der Waals surface area (Å²) >= 11 is 0. The van der Waals surface area contributed by atoms with Crippen LogP contribution in [0, 0.1) is 0 Å². The van der Waals surface area contributed by atoms with Gasteiger partial charge in [-0.1, -0.05) is 0 Å². The average molecular weight is 323 g/mol. The molecule has 0 fully saturated rings. The standard InChI is InChI=1S/C12H19ClN2O4S/c1-4-14(5-2)12(16)11-8-10(20(13,17)18)9-15(11)6-7-19-3/h8-9H,4-7H2,1-3H3. The van der Waals surface area contributed by atoms with E-state index in [2.05, 4.69) is 0 Å². The van der Waals surface area contributed by atoms with Gasteiger partial charge in [-0.15, -0.1) is 0 Å². The minimum atomic E-state index is -3.86. The summed E-state index contributed by atoms with van der Waals surface area (Å²) in [5.74, 6) is -0.224. The first kappa shape index (κ1) is 17.0. The zero-order chi connectivity index (χ0) is 15.3. The Hall–Kier alpha value is -1.05. The van der Waals surface area contributed by atoms with Gasteiger partial charge >= 0.3 is 0 Å². The zero-order valence-corrected chi connectivity index (χ0v) is 13.4. The van der Waals surface area contributed by atoms with Crippen LogP contribution in [0.15, 0.2) is 17.2 Å². The molecule has 114 valence electrons. The fraction of sp³-hybridized carbons (Fsp3) is 0.583. The molecule has 20 heavy (non-hydrogen) atoms. The summed E-state index contributed by atoms with van der Waals surface area (Å²) in [7, 11) is 3.01. The van der Waals surface area contributed by atoms with Crippen molar-refractivity contribution in [3.8, 4) is 0 Å². The number of hydrogen-bond acceptors (Lipinski definition) is 4. The second-order valence-electron chi connectivity index (χ2n) is 4.16. The van der Waals surface area contributed by atoms with E-state index in [-0.39, 0.29) is 10.8 Å².